The van der Waals surface area contributed by atoms with Gasteiger partial charge in [0.15, 0.2) is 0 Å². The van der Waals surface area contributed by atoms with Crippen molar-refractivity contribution in [3.05, 3.63) is 0 Å². The van der Waals surface area contributed by atoms with Gasteiger partial charge >= 0.3 is 0 Å². The Kier molecular flexibility index (Phi) is 3.16. The van der Waals surface area contributed by atoms with Gasteiger partial charge in [-0.3, -0.25) is 0 Å². The average molecular weight is 143 g/mol. The quantitative estimate of drug-likeness (QED) is 0.626. The lowest BCUT2D eigenvalue weighted by atomic mass is 10.2. The monoisotopic (exact) mass is 143 g/mol. The molecule has 0 aromatic carbocycles. The summed E-state index contributed by atoms with van der Waals surface area (Å²) in [5, 5.41) is 3.36. The zero-order valence-corrected chi connectivity index (χ0v) is 6.89. The van der Waals surface area contributed by atoms with E-state index in [9.17, 15) is 0 Å². The molecule has 1 aliphatic rings. The molecule has 0 radical (unpaired) electrons. The Balaban J connectivity index is 2.25. The van der Waals surface area contributed by atoms with E-state index in [0.717, 1.165) is 25.9 Å². The van der Waals surface area contributed by atoms with Crippen LogP contribution in [-0.2, 0) is 4.74 Å². The van der Waals surface area contributed by atoms with Gasteiger partial charge in [-0.05, 0) is 12.8 Å². The maximum Gasteiger partial charge on any atom is 0.0701 e. The lowest BCUT2D eigenvalue weighted by Gasteiger charge is -2.29. The number of morpholine rings is 1. The highest BCUT2D eigenvalue weighted by atomic mass is 16.5. The van der Waals surface area contributed by atoms with Crippen LogP contribution in [0, 0.1) is 0 Å². The largest absolute Gasteiger partial charge is 0.372 e. The van der Waals surface area contributed by atoms with Crippen molar-refractivity contribution in [1.82, 2.24) is 5.32 Å². The van der Waals surface area contributed by atoms with E-state index in [4.69, 9.17) is 4.74 Å². The Hall–Kier alpha value is -0.0800. The van der Waals surface area contributed by atoms with Gasteiger partial charge in [-0.1, -0.05) is 13.8 Å². The fourth-order valence-electron chi connectivity index (χ4n) is 1.25. The third-order valence-electron chi connectivity index (χ3n) is 2.04. The maximum absolute atomic E-state index is 5.72. The van der Waals surface area contributed by atoms with Gasteiger partial charge in [0.1, 0.15) is 0 Å². The van der Waals surface area contributed by atoms with E-state index in [-0.39, 0.29) is 0 Å². The molecule has 10 heavy (non-hydrogen) atoms. The standard InChI is InChI=1S/C8H17NO/c1-3-7-5-9-6-8(4-2)10-7/h7-9H,3-6H2,1-2H3/t7-,8-/m1/s1. The molecule has 0 aromatic rings. The Morgan fingerprint density at radius 2 is 1.70 bits per heavy atom. The van der Waals surface area contributed by atoms with Gasteiger partial charge < -0.3 is 10.1 Å². The summed E-state index contributed by atoms with van der Waals surface area (Å²) in [5.41, 5.74) is 0. The molecule has 0 amide bonds. The number of rotatable bonds is 2. The Bertz CT molecular complexity index is 85.3. The molecule has 0 aliphatic carbocycles. The smallest absolute Gasteiger partial charge is 0.0701 e. The summed E-state index contributed by atoms with van der Waals surface area (Å²) in [4.78, 5) is 0. The lowest BCUT2D eigenvalue weighted by molar-refractivity contribution is -0.0393. The molecule has 0 unspecified atom stereocenters. The number of nitrogens with one attached hydrogen (secondary N) is 1. The molecule has 0 saturated carbocycles. The minimum atomic E-state index is 0.457. The van der Waals surface area contributed by atoms with Crippen molar-refractivity contribution in [3.8, 4) is 0 Å². The second kappa shape index (κ2) is 3.94. The van der Waals surface area contributed by atoms with Crippen molar-refractivity contribution in [2.45, 2.75) is 38.9 Å². The fourth-order valence-corrected chi connectivity index (χ4v) is 1.25. The molecule has 1 heterocycles. The number of ether oxygens (including phenoxy) is 1. The molecule has 1 fully saturated rings. The normalized spacial score (nSPS) is 34.2. The second-order valence-corrected chi connectivity index (χ2v) is 2.85. The summed E-state index contributed by atoms with van der Waals surface area (Å²) in [6.07, 6.45) is 3.17. The van der Waals surface area contributed by atoms with Crippen molar-refractivity contribution < 1.29 is 4.74 Å². The van der Waals surface area contributed by atoms with Gasteiger partial charge in [0.05, 0.1) is 12.2 Å². The van der Waals surface area contributed by atoms with Crippen molar-refractivity contribution in [3.63, 3.8) is 0 Å². The van der Waals surface area contributed by atoms with Crippen molar-refractivity contribution in [2.75, 3.05) is 13.1 Å². The molecule has 2 atom stereocenters. The molecule has 0 aromatic heterocycles. The highest BCUT2D eigenvalue weighted by molar-refractivity contribution is 4.71. The van der Waals surface area contributed by atoms with Crippen LogP contribution in [0.1, 0.15) is 26.7 Å². The lowest BCUT2D eigenvalue weighted by Crippen LogP contribution is -2.44. The first-order valence-corrected chi connectivity index (χ1v) is 4.23. The molecule has 2 heteroatoms. The van der Waals surface area contributed by atoms with Gasteiger partial charge in [-0.15, -0.1) is 0 Å². The molecule has 1 saturated heterocycles. The first-order valence-electron chi connectivity index (χ1n) is 4.23. The van der Waals surface area contributed by atoms with Gasteiger partial charge in [0.25, 0.3) is 0 Å². The highest BCUT2D eigenvalue weighted by Gasteiger charge is 2.18. The van der Waals surface area contributed by atoms with Crippen LogP contribution in [0.2, 0.25) is 0 Å². The third-order valence-corrected chi connectivity index (χ3v) is 2.04. The number of hydrogen-bond donors (Lipinski definition) is 1. The minimum absolute atomic E-state index is 0.457. The Morgan fingerprint density at radius 1 is 1.20 bits per heavy atom. The topological polar surface area (TPSA) is 21.3 Å². The molecule has 0 bridgehead atoms. The third kappa shape index (κ3) is 1.96. The molecular weight excluding hydrogens is 126 g/mol. The van der Waals surface area contributed by atoms with Crippen LogP contribution < -0.4 is 5.32 Å². The van der Waals surface area contributed by atoms with Crippen LogP contribution in [-0.4, -0.2) is 25.3 Å². The van der Waals surface area contributed by atoms with E-state index in [1.54, 1.807) is 0 Å². The summed E-state index contributed by atoms with van der Waals surface area (Å²) in [6.45, 7) is 6.41. The Labute approximate surface area is 63.0 Å². The summed E-state index contributed by atoms with van der Waals surface area (Å²) in [7, 11) is 0. The molecule has 2 nitrogen and oxygen atoms in total. The zero-order chi connectivity index (χ0) is 7.40. The van der Waals surface area contributed by atoms with Crippen LogP contribution in [0.15, 0.2) is 0 Å². The van der Waals surface area contributed by atoms with Gasteiger partial charge in [0, 0.05) is 13.1 Å². The van der Waals surface area contributed by atoms with Crippen LogP contribution in [0.5, 0.6) is 0 Å². The zero-order valence-electron chi connectivity index (χ0n) is 6.89. The first kappa shape index (κ1) is 8.02. The molecule has 1 rings (SSSR count). The van der Waals surface area contributed by atoms with Crippen molar-refractivity contribution in [2.24, 2.45) is 0 Å². The van der Waals surface area contributed by atoms with Gasteiger partial charge in [-0.2, -0.15) is 0 Å². The SMILES string of the molecule is CC[C@@H]1CNC[C@@H](CC)O1. The molecular formula is C8H17NO. The molecule has 0 spiro atoms. The molecule has 1 aliphatic heterocycles. The van der Waals surface area contributed by atoms with Gasteiger partial charge in [-0.25, -0.2) is 0 Å². The van der Waals surface area contributed by atoms with Crippen LogP contribution >= 0.6 is 0 Å². The van der Waals surface area contributed by atoms with E-state index >= 15 is 0 Å². The van der Waals surface area contributed by atoms with E-state index < -0.39 is 0 Å². The van der Waals surface area contributed by atoms with Gasteiger partial charge in [0.2, 0.25) is 0 Å². The average Bonchev–Trinajstić information content (AvgIpc) is 2.05. The maximum atomic E-state index is 5.72. The van der Waals surface area contributed by atoms with Crippen LogP contribution in [0.4, 0.5) is 0 Å². The van der Waals surface area contributed by atoms with Crippen molar-refractivity contribution >= 4 is 0 Å². The van der Waals surface area contributed by atoms with Crippen molar-refractivity contribution in [1.29, 1.82) is 0 Å². The highest BCUT2D eigenvalue weighted by Crippen LogP contribution is 2.08. The summed E-state index contributed by atoms with van der Waals surface area (Å²) in [5.74, 6) is 0. The minimum Gasteiger partial charge on any atom is -0.372 e. The number of hydrogen-bond acceptors (Lipinski definition) is 2. The summed E-state index contributed by atoms with van der Waals surface area (Å²) in [6, 6.07) is 0. The fraction of sp³-hybridized carbons (Fsp3) is 1.00. The molecule has 1 N–H and O–H groups in total. The molecule has 60 valence electrons. The van der Waals surface area contributed by atoms with Crippen LogP contribution in [0.3, 0.4) is 0 Å². The first-order chi connectivity index (χ1) is 4.86. The van der Waals surface area contributed by atoms with Crippen LogP contribution in [0.25, 0.3) is 0 Å². The summed E-state index contributed by atoms with van der Waals surface area (Å²) >= 11 is 0. The van der Waals surface area contributed by atoms with E-state index in [2.05, 4.69) is 19.2 Å². The predicted molar refractivity (Wildman–Crippen MR) is 42.1 cm³/mol. The van der Waals surface area contributed by atoms with E-state index in [0.29, 0.717) is 12.2 Å². The Morgan fingerprint density at radius 3 is 2.10 bits per heavy atom. The summed E-state index contributed by atoms with van der Waals surface area (Å²) < 4.78 is 5.72. The predicted octanol–water partition coefficient (Wildman–Crippen LogP) is 1.16. The van der Waals surface area contributed by atoms with E-state index in [1.165, 1.54) is 0 Å². The second-order valence-electron chi connectivity index (χ2n) is 2.85. The van der Waals surface area contributed by atoms with E-state index in [1.807, 2.05) is 0 Å².